The van der Waals surface area contributed by atoms with Gasteiger partial charge in [-0.25, -0.2) is 9.99 Å². The van der Waals surface area contributed by atoms with Gasteiger partial charge in [0.1, 0.15) is 5.75 Å². The Morgan fingerprint density at radius 2 is 1.90 bits per heavy atom. The van der Waals surface area contributed by atoms with E-state index in [1.54, 1.807) is 18.7 Å². The molecule has 2 heterocycles. The number of amides is 2. The van der Waals surface area contributed by atoms with Crippen molar-refractivity contribution in [2.45, 2.75) is 25.3 Å². The summed E-state index contributed by atoms with van der Waals surface area (Å²) in [6, 6.07) is 17.2. The standard InChI is InChI=1S/C23H22N4O3S/c1-30-18-9-7-17(8-10-18)20-15-19(16-5-3-2-4-6-16)26-27(20)22(29)12-11-21(28)25-23-24-13-14-31-23/h2-10,13-14,20H,11-12,15H2,1H3,(H,24,25,28)/t20-/m0/s1. The summed E-state index contributed by atoms with van der Waals surface area (Å²) < 4.78 is 5.25. The highest BCUT2D eigenvalue weighted by Crippen LogP contribution is 2.34. The number of hydrogen-bond acceptors (Lipinski definition) is 6. The van der Waals surface area contributed by atoms with Gasteiger partial charge in [-0.05, 0) is 23.3 Å². The first-order valence-corrected chi connectivity index (χ1v) is 10.8. The predicted molar refractivity (Wildman–Crippen MR) is 120 cm³/mol. The molecular formula is C23H22N4O3S. The maximum Gasteiger partial charge on any atom is 0.243 e. The summed E-state index contributed by atoms with van der Waals surface area (Å²) in [5.41, 5.74) is 2.80. The van der Waals surface area contributed by atoms with Gasteiger partial charge in [0.2, 0.25) is 11.8 Å². The van der Waals surface area contributed by atoms with Crippen molar-refractivity contribution in [3.05, 3.63) is 77.3 Å². The molecule has 1 aliphatic heterocycles. The first kappa shape index (κ1) is 20.7. The van der Waals surface area contributed by atoms with Crippen molar-refractivity contribution in [3.8, 4) is 5.75 Å². The number of thiazole rings is 1. The number of nitrogens with zero attached hydrogens (tertiary/aromatic N) is 3. The molecule has 0 bridgehead atoms. The topological polar surface area (TPSA) is 83.9 Å². The number of carbonyl (C=O) groups is 2. The van der Waals surface area contributed by atoms with E-state index in [0.717, 1.165) is 22.6 Å². The zero-order valence-corrected chi connectivity index (χ0v) is 17.8. The summed E-state index contributed by atoms with van der Waals surface area (Å²) in [7, 11) is 1.62. The van der Waals surface area contributed by atoms with Gasteiger partial charge in [0, 0.05) is 30.8 Å². The molecule has 7 nitrogen and oxygen atoms in total. The minimum Gasteiger partial charge on any atom is -0.497 e. The van der Waals surface area contributed by atoms with Crippen molar-refractivity contribution in [2.75, 3.05) is 12.4 Å². The van der Waals surface area contributed by atoms with Gasteiger partial charge < -0.3 is 10.1 Å². The smallest absolute Gasteiger partial charge is 0.243 e. The van der Waals surface area contributed by atoms with E-state index in [9.17, 15) is 9.59 Å². The lowest BCUT2D eigenvalue weighted by Gasteiger charge is -2.22. The number of benzene rings is 2. The van der Waals surface area contributed by atoms with Crippen LogP contribution in [0.25, 0.3) is 0 Å². The van der Waals surface area contributed by atoms with Crippen molar-refractivity contribution in [2.24, 2.45) is 5.10 Å². The maximum absolute atomic E-state index is 13.0. The number of hydrogen-bond donors (Lipinski definition) is 1. The van der Waals surface area contributed by atoms with Crippen LogP contribution in [-0.4, -0.2) is 34.6 Å². The third kappa shape index (κ3) is 4.97. The van der Waals surface area contributed by atoms with Crippen LogP contribution >= 0.6 is 11.3 Å². The lowest BCUT2D eigenvalue weighted by molar-refractivity contribution is -0.134. The summed E-state index contributed by atoms with van der Waals surface area (Å²) >= 11 is 1.34. The van der Waals surface area contributed by atoms with E-state index in [0.29, 0.717) is 11.6 Å². The molecule has 0 aliphatic carbocycles. The molecule has 2 aromatic carbocycles. The molecule has 1 N–H and O–H groups in total. The SMILES string of the molecule is COc1ccc([C@@H]2CC(c3ccccc3)=NN2C(=O)CCC(=O)Nc2nccs2)cc1. The van der Waals surface area contributed by atoms with Crippen LogP contribution in [0.2, 0.25) is 0 Å². The second-order valence-corrected chi connectivity index (χ2v) is 7.92. The molecule has 8 heteroatoms. The molecule has 3 aromatic rings. The fraction of sp³-hybridized carbons (Fsp3) is 0.217. The number of anilines is 1. The number of ether oxygens (including phenoxy) is 1. The van der Waals surface area contributed by atoms with Gasteiger partial charge in [0.15, 0.2) is 5.13 Å². The average Bonchev–Trinajstić information content (AvgIpc) is 3.48. The van der Waals surface area contributed by atoms with Crippen molar-refractivity contribution >= 4 is 34.0 Å². The molecule has 31 heavy (non-hydrogen) atoms. The second kappa shape index (κ2) is 9.53. The second-order valence-electron chi connectivity index (χ2n) is 7.03. The van der Waals surface area contributed by atoms with Gasteiger partial charge in [0.05, 0.1) is 18.9 Å². The summed E-state index contributed by atoms with van der Waals surface area (Å²) in [6.07, 6.45) is 2.36. The van der Waals surface area contributed by atoms with Gasteiger partial charge in [-0.3, -0.25) is 9.59 Å². The minimum atomic E-state index is -0.240. The van der Waals surface area contributed by atoms with Gasteiger partial charge in [-0.1, -0.05) is 42.5 Å². The number of nitrogens with one attached hydrogen (secondary N) is 1. The molecule has 0 saturated heterocycles. The van der Waals surface area contributed by atoms with E-state index in [-0.39, 0.29) is 30.7 Å². The highest BCUT2D eigenvalue weighted by Gasteiger charge is 2.33. The fourth-order valence-corrected chi connectivity index (χ4v) is 3.98. The summed E-state index contributed by atoms with van der Waals surface area (Å²) in [4.78, 5) is 29.2. The zero-order chi connectivity index (χ0) is 21.6. The van der Waals surface area contributed by atoms with Crippen LogP contribution in [0.1, 0.15) is 36.4 Å². The first-order valence-electron chi connectivity index (χ1n) is 9.92. The van der Waals surface area contributed by atoms with Crippen molar-refractivity contribution in [1.29, 1.82) is 0 Å². The summed E-state index contributed by atoms with van der Waals surface area (Å²) in [6.45, 7) is 0. The van der Waals surface area contributed by atoms with E-state index in [1.807, 2.05) is 54.6 Å². The molecule has 1 aromatic heterocycles. The predicted octanol–water partition coefficient (Wildman–Crippen LogP) is 4.25. The third-order valence-corrected chi connectivity index (χ3v) is 5.71. The maximum atomic E-state index is 13.0. The van der Waals surface area contributed by atoms with E-state index in [2.05, 4.69) is 15.4 Å². The Morgan fingerprint density at radius 1 is 1.13 bits per heavy atom. The van der Waals surface area contributed by atoms with Gasteiger partial charge in [-0.15, -0.1) is 11.3 Å². The molecule has 0 fully saturated rings. The molecule has 2 amide bonds. The number of hydrazone groups is 1. The molecule has 0 spiro atoms. The van der Waals surface area contributed by atoms with Gasteiger partial charge in [-0.2, -0.15) is 5.10 Å². The third-order valence-electron chi connectivity index (χ3n) is 5.02. The Hall–Kier alpha value is -3.52. The van der Waals surface area contributed by atoms with Crippen LogP contribution < -0.4 is 10.1 Å². The summed E-state index contributed by atoms with van der Waals surface area (Å²) in [5, 5.41) is 11.2. The van der Waals surface area contributed by atoms with Crippen LogP contribution in [0.4, 0.5) is 5.13 Å². The first-order chi connectivity index (χ1) is 15.1. The molecular weight excluding hydrogens is 412 g/mol. The number of aromatic nitrogens is 1. The Labute approximate surface area is 184 Å². The Morgan fingerprint density at radius 3 is 2.58 bits per heavy atom. The monoisotopic (exact) mass is 434 g/mol. The van der Waals surface area contributed by atoms with E-state index < -0.39 is 0 Å². The van der Waals surface area contributed by atoms with E-state index in [1.165, 1.54) is 16.3 Å². The van der Waals surface area contributed by atoms with Gasteiger partial charge >= 0.3 is 0 Å². The van der Waals surface area contributed by atoms with Crippen LogP contribution in [0.15, 0.2) is 71.3 Å². The van der Waals surface area contributed by atoms with E-state index in [4.69, 9.17) is 4.74 Å². The Balaban J connectivity index is 1.50. The number of rotatable bonds is 7. The number of methoxy groups -OCH3 is 1. The highest BCUT2D eigenvalue weighted by atomic mass is 32.1. The summed E-state index contributed by atoms with van der Waals surface area (Å²) in [5.74, 6) is 0.319. The molecule has 4 rings (SSSR count). The fourth-order valence-electron chi connectivity index (χ4n) is 3.43. The normalized spacial score (nSPS) is 15.5. The molecule has 158 valence electrons. The Bertz CT molecular complexity index is 1070. The van der Waals surface area contributed by atoms with Crippen LogP contribution in [0.3, 0.4) is 0 Å². The quantitative estimate of drug-likeness (QED) is 0.603. The molecule has 0 saturated carbocycles. The van der Waals surface area contributed by atoms with Crippen molar-refractivity contribution < 1.29 is 14.3 Å². The largest absolute Gasteiger partial charge is 0.497 e. The van der Waals surface area contributed by atoms with Crippen LogP contribution in [0, 0.1) is 0 Å². The number of carbonyl (C=O) groups excluding carboxylic acids is 2. The van der Waals surface area contributed by atoms with Gasteiger partial charge in [0.25, 0.3) is 0 Å². The van der Waals surface area contributed by atoms with Crippen molar-refractivity contribution in [3.63, 3.8) is 0 Å². The zero-order valence-electron chi connectivity index (χ0n) is 17.0. The van der Waals surface area contributed by atoms with Crippen LogP contribution in [0.5, 0.6) is 5.75 Å². The van der Waals surface area contributed by atoms with E-state index >= 15 is 0 Å². The lowest BCUT2D eigenvalue weighted by Crippen LogP contribution is -2.28. The average molecular weight is 435 g/mol. The molecule has 1 atom stereocenters. The molecule has 0 unspecified atom stereocenters. The van der Waals surface area contributed by atoms with Crippen LogP contribution in [-0.2, 0) is 9.59 Å². The minimum absolute atomic E-state index is 0.0649. The Kier molecular flexibility index (Phi) is 6.37. The molecule has 0 radical (unpaired) electrons. The lowest BCUT2D eigenvalue weighted by atomic mass is 9.98. The van der Waals surface area contributed by atoms with Crippen molar-refractivity contribution in [1.82, 2.24) is 9.99 Å². The molecule has 1 aliphatic rings. The highest BCUT2D eigenvalue weighted by molar-refractivity contribution is 7.13.